The van der Waals surface area contributed by atoms with Crippen molar-refractivity contribution in [1.82, 2.24) is 4.90 Å². The number of hydrogen-bond acceptors (Lipinski definition) is 3. The Hall–Kier alpha value is -0.670. The quantitative estimate of drug-likeness (QED) is 0.768. The fourth-order valence-electron chi connectivity index (χ4n) is 2.29. The highest BCUT2D eigenvalue weighted by Gasteiger charge is 2.27. The minimum absolute atomic E-state index is 0.392. The maximum atomic E-state index is 11.3. The van der Waals surface area contributed by atoms with Crippen LogP contribution in [0, 0.1) is 0 Å². The van der Waals surface area contributed by atoms with Crippen LogP contribution in [-0.4, -0.2) is 23.3 Å². The van der Waals surface area contributed by atoms with Crippen molar-refractivity contribution in [3.05, 3.63) is 22.4 Å². The summed E-state index contributed by atoms with van der Waals surface area (Å²) < 4.78 is 0. The summed E-state index contributed by atoms with van der Waals surface area (Å²) in [6, 6.07) is 5.12. The molecule has 1 aliphatic rings. The average molecular weight is 223 g/mol. The Morgan fingerprint density at radius 1 is 1.60 bits per heavy atom. The van der Waals surface area contributed by atoms with Gasteiger partial charge in [-0.05, 0) is 25.3 Å². The van der Waals surface area contributed by atoms with Crippen molar-refractivity contribution in [2.75, 3.05) is 6.54 Å². The van der Waals surface area contributed by atoms with Crippen LogP contribution in [-0.2, 0) is 4.79 Å². The van der Waals surface area contributed by atoms with Gasteiger partial charge in [0.1, 0.15) is 5.78 Å². The van der Waals surface area contributed by atoms with E-state index >= 15 is 0 Å². The Bertz CT molecular complexity index is 333. The third-order valence-electron chi connectivity index (χ3n) is 3.19. The number of ketones is 1. The highest BCUT2D eigenvalue weighted by atomic mass is 32.1. The molecule has 1 aromatic rings. The van der Waals surface area contributed by atoms with E-state index in [0.29, 0.717) is 17.9 Å². The maximum absolute atomic E-state index is 11.3. The molecule has 3 heteroatoms. The molecule has 2 atom stereocenters. The number of nitrogens with zero attached hydrogens (tertiary/aromatic N) is 1. The van der Waals surface area contributed by atoms with E-state index in [1.54, 1.807) is 11.3 Å². The van der Waals surface area contributed by atoms with Crippen LogP contribution in [0.15, 0.2) is 17.5 Å². The molecular weight excluding hydrogens is 206 g/mol. The van der Waals surface area contributed by atoms with Crippen molar-refractivity contribution in [2.24, 2.45) is 0 Å². The van der Waals surface area contributed by atoms with Gasteiger partial charge in [-0.2, -0.15) is 0 Å². The van der Waals surface area contributed by atoms with Crippen LogP contribution in [0.4, 0.5) is 0 Å². The standard InChI is InChI=1S/C12H17NOS/c1-9-8-11(14)5-6-13(9)10(2)12-4-3-7-15-12/h3-4,7,9-10H,5-6,8H2,1-2H3. The Balaban J connectivity index is 2.07. The number of thiophene rings is 1. The van der Waals surface area contributed by atoms with Crippen molar-refractivity contribution in [2.45, 2.75) is 38.8 Å². The van der Waals surface area contributed by atoms with Gasteiger partial charge in [0.05, 0.1) is 0 Å². The molecule has 0 amide bonds. The Labute approximate surface area is 94.9 Å². The predicted molar refractivity (Wildman–Crippen MR) is 63.1 cm³/mol. The predicted octanol–water partition coefficient (Wildman–Crippen LogP) is 2.86. The summed E-state index contributed by atoms with van der Waals surface area (Å²) in [5.41, 5.74) is 0. The lowest BCUT2D eigenvalue weighted by atomic mass is 10.00. The fraction of sp³-hybridized carbons (Fsp3) is 0.583. The summed E-state index contributed by atoms with van der Waals surface area (Å²) in [4.78, 5) is 15.1. The molecule has 0 N–H and O–H groups in total. The number of carbonyl (C=O) groups is 1. The van der Waals surface area contributed by atoms with Crippen molar-refractivity contribution in [1.29, 1.82) is 0 Å². The number of carbonyl (C=O) groups excluding carboxylic acids is 1. The highest BCUT2D eigenvalue weighted by Crippen LogP contribution is 2.29. The Morgan fingerprint density at radius 3 is 3.00 bits per heavy atom. The largest absolute Gasteiger partial charge is 0.300 e. The molecule has 15 heavy (non-hydrogen) atoms. The molecule has 2 unspecified atom stereocenters. The first-order valence-corrected chi connectivity index (χ1v) is 6.37. The first-order chi connectivity index (χ1) is 7.18. The Morgan fingerprint density at radius 2 is 2.40 bits per heavy atom. The van der Waals surface area contributed by atoms with E-state index in [9.17, 15) is 4.79 Å². The maximum Gasteiger partial charge on any atom is 0.135 e. The van der Waals surface area contributed by atoms with Gasteiger partial charge < -0.3 is 0 Å². The van der Waals surface area contributed by atoms with Gasteiger partial charge in [0.2, 0.25) is 0 Å². The molecule has 1 fully saturated rings. The van der Waals surface area contributed by atoms with Gasteiger partial charge >= 0.3 is 0 Å². The topological polar surface area (TPSA) is 20.3 Å². The van der Waals surface area contributed by atoms with Gasteiger partial charge in [-0.1, -0.05) is 6.07 Å². The molecule has 2 nitrogen and oxygen atoms in total. The van der Waals surface area contributed by atoms with E-state index in [2.05, 4.69) is 36.3 Å². The summed E-state index contributed by atoms with van der Waals surface area (Å²) in [5.74, 6) is 0.414. The zero-order chi connectivity index (χ0) is 10.8. The number of piperidine rings is 1. The SMILES string of the molecule is CC1CC(=O)CCN1C(C)c1cccs1. The molecule has 1 aliphatic heterocycles. The Kier molecular flexibility index (Phi) is 3.22. The molecule has 0 spiro atoms. The molecule has 0 aromatic carbocycles. The molecule has 0 aliphatic carbocycles. The van der Waals surface area contributed by atoms with Gasteiger partial charge in [-0.25, -0.2) is 0 Å². The first kappa shape index (κ1) is 10.8. The van der Waals surface area contributed by atoms with E-state index in [-0.39, 0.29) is 0 Å². The van der Waals surface area contributed by atoms with Crippen LogP contribution in [0.25, 0.3) is 0 Å². The molecule has 82 valence electrons. The van der Waals surface area contributed by atoms with E-state index in [4.69, 9.17) is 0 Å². The fourth-order valence-corrected chi connectivity index (χ4v) is 3.09. The van der Waals surface area contributed by atoms with Crippen LogP contribution in [0.2, 0.25) is 0 Å². The first-order valence-electron chi connectivity index (χ1n) is 5.49. The van der Waals surface area contributed by atoms with Crippen LogP contribution in [0.5, 0.6) is 0 Å². The molecule has 0 bridgehead atoms. The van der Waals surface area contributed by atoms with Crippen molar-refractivity contribution < 1.29 is 4.79 Å². The van der Waals surface area contributed by atoms with Crippen LogP contribution in [0.3, 0.4) is 0 Å². The summed E-state index contributed by atoms with van der Waals surface area (Å²) in [6.07, 6.45) is 1.44. The van der Waals surface area contributed by atoms with Crippen molar-refractivity contribution >= 4 is 17.1 Å². The summed E-state index contributed by atoms with van der Waals surface area (Å²) >= 11 is 1.80. The molecule has 1 aromatic heterocycles. The second-order valence-electron chi connectivity index (χ2n) is 4.27. The van der Waals surface area contributed by atoms with Gasteiger partial charge in [0, 0.05) is 36.3 Å². The normalized spacial score (nSPS) is 25.5. The molecule has 2 heterocycles. The minimum atomic E-state index is 0.392. The van der Waals surface area contributed by atoms with Gasteiger partial charge in [0.15, 0.2) is 0 Å². The lowest BCUT2D eigenvalue weighted by Crippen LogP contribution is -2.42. The summed E-state index contributed by atoms with van der Waals surface area (Å²) in [6.45, 7) is 5.30. The lowest BCUT2D eigenvalue weighted by Gasteiger charge is -2.37. The second-order valence-corrected chi connectivity index (χ2v) is 5.25. The smallest absolute Gasteiger partial charge is 0.135 e. The number of Topliss-reactive ketones (excluding diaryl/α,β-unsaturated/α-hetero) is 1. The molecule has 0 radical (unpaired) electrons. The van der Waals surface area contributed by atoms with E-state index in [1.165, 1.54) is 4.88 Å². The number of likely N-dealkylation sites (tertiary alicyclic amines) is 1. The van der Waals surface area contributed by atoms with E-state index in [0.717, 1.165) is 19.4 Å². The van der Waals surface area contributed by atoms with Gasteiger partial charge in [-0.15, -0.1) is 11.3 Å². The van der Waals surface area contributed by atoms with Crippen LogP contribution >= 0.6 is 11.3 Å². The zero-order valence-electron chi connectivity index (χ0n) is 9.27. The zero-order valence-corrected chi connectivity index (χ0v) is 10.1. The molecule has 2 rings (SSSR count). The van der Waals surface area contributed by atoms with Gasteiger partial charge in [0.25, 0.3) is 0 Å². The number of hydrogen-bond donors (Lipinski definition) is 0. The molecule has 1 saturated heterocycles. The number of rotatable bonds is 2. The minimum Gasteiger partial charge on any atom is -0.300 e. The van der Waals surface area contributed by atoms with Crippen molar-refractivity contribution in [3.8, 4) is 0 Å². The summed E-state index contributed by atoms with van der Waals surface area (Å²) in [7, 11) is 0. The van der Waals surface area contributed by atoms with E-state index < -0.39 is 0 Å². The van der Waals surface area contributed by atoms with Crippen molar-refractivity contribution in [3.63, 3.8) is 0 Å². The second kappa shape index (κ2) is 4.45. The highest BCUT2D eigenvalue weighted by molar-refractivity contribution is 7.10. The van der Waals surface area contributed by atoms with Crippen LogP contribution in [0.1, 0.15) is 37.6 Å². The molecule has 0 saturated carbocycles. The average Bonchev–Trinajstić information content (AvgIpc) is 2.69. The third kappa shape index (κ3) is 2.29. The monoisotopic (exact) mass is 223 g/mol. The van der Waals surface area contributed by atoms with Crippen LogP contribution < -0.4 is 0 Å². The summed E-state index contributed by atoms with van der Waals surface area (Å²) in [5, 5.41) is 2.12. The molecular formula is C12H17NOS. The lowest BCUT2D eigenvalue weighted by molar-refractivity contribution is -0.123. The third-order valence-corrected chi connectivity index (χ3v) is 4.23. The van der Waals surface area contributed by atoms with Gasteiger partial charge in [-0.3, -0.25) is 9.69 Å². The van der Waals surface area contributed by atoms with E-state index in [1.807, 2.05) is 0 Å².